The zero-order valence-corrected chi connectivity index (χ0v) is 9.70. The highest BCUT2D eigenvalue weighted by Crippen LogP contribution is 2.08. The molecule has 0 aliphatic rings. The van der Waals surface area contributed by atoms with Crippen LogP contribution in [-0.4, -0.2) is 22.0 Å². The molecule has 1 unspecified atom stereocenters. The Morgan fingerprint density at radius 2 is 1.73 bits per heavy atom. The molecule has 1 N–H and O–H groups in total. The summed E-state index contributed by atoms with van der Waals surface area (Å²) in [5.74, 6) is 0.392. The molecule has 0 amide bonds. The molecule has 15 heavy (non-hydrogen) atoms. The summed E-state index contributed by atoms with van der Waals surface area (Å²) >= 11 is -2.22. The third kappa shape index (κ3) is 9.40. The number of ether oxygens (including phenoxy) is 1. The van der Waals surface area contributed by atoms with Gasteiger partial charge in [-0.25, -0.2) is 0 Å². The summed E-state index contributed by atoms with van der Waals surface area (Å²) < 4.78 is 27.6. The van der Waals surface area contributed by atoms with E-state index in [-0.39, 0.29) is 0 Å². The topological polar surface area (TPSA) is 55.8 Å². The number of hydrogen-bond acceptors (Lipinski definition) is 3. The van der Waals surface area contributed by atoms with Gasteiger partial charge in [0.1, 0.15) is 5.75 Å². The monoisotopic (exact) mass is 232 g/mol. The molecule has 0 fully saturated rings. The smallest absolute Gasteiger partial charge is 0.357 e. The van der Waals surface area contributed by atoms with Gasteiger partial charge in [0.2, 0.25) is 0 Å². The molecule has 0 aromatic heterocycles. The molecule has 0 aliphatic heterocycles. The molecule has 86 valence electrons. The predicted molar refractivity (Wildman–Crippen MR) is 60.0 cm³/mol. The fourth-order valence-corrected chi connectivity index (χ4v) is 1.04. The van der Waals surface area contributed by atoms with Crippen molar-refractivity contribution >= 4 is 11.4 Å². The van der Waals surface area contributed by atoms with E-state index in [1.165, 1.54) is 0 Å². The standard InChI is InChI=1S/C6H6O3S.C4H10O/c7-10(8)9-6-4-2-1-3-5-6;1-3-5-4-2/h1-5H,(H,7,8);3-4H2,1-2H3. The quantitative estimate of drug-likeness (QED) is 0.809. The van der Waals surface area contributed by atoms with E-state index in [0.29, 0.717) is 5.75 Å². The van der Waals surface area contributed by atoms with Crippen molar-refractivity contribution in [1.82, 2.24) is 0 Å². The maximum absolute atomic E-state index is 10.1. The second-order valence-corrected chi connectivity index (χ2v) is 3.00. The van der Waals surface area contributed by atoms with Gasteiger partial charge in [0.15, 0.2) is 0 Å². The van der Waals surface area contributed by atoms with E-state index in [2.05, 4.69) is 4.18 Å². The third-order valence-electron chi connectivity index (χ3n) is 1.32. The highest BCUT2D eigenvalue weighted by atomic mass is 32.2. The van der Waals surface area contributed by atoms with Crippen LogP contribution in [0.15, 0.2) is 30.3 Å². The fraction of sp³-hybridized carbons (Fsp3) is 0.400. The minimum absolute atomic E-state index is 0.392. The largest absolute Gasteiger partial charge is 0.382 e. The molecule has 0 radical (unpaired) electrons. The van der Waals surface area contributed by atoms with Crippen molar-refractivity contribution in [3.8, 4) is 5.75 Å². The van der Waals surface area contributed by atoms with E-state index in [1.54, 1.807) is 30.3 Å². The summed E-state index contributed by atoms with van der Waals surface area (Å²) in [6.45, 7) is 5.67. The van der Waals surface area contributed by atoms with Crippen LogP contribution in [0, 0.1) is 0 Å². The summed E-state index contributed by atoms with van der Waals surface area (Å²) in [5, 5.41) is 0. The van der Waals surface area contributed by atoms with E-state index in [4.69, 9.17) is 9.29 Å². The Balaban J connectivity index is 0.000000336. The van der Waals surface area contributed by atoms with Crippen LogP contribution in [0.25, 0.3) is 0 Å². The van der Waals surface area contributed by atoms with E-state index < -0.39 is 11.4 Å². The highest BCUT2D eigenvalue weighted by Gasteiger charge is 1.93. The van der Waals surface area contributed by atoms with Gasteiger partial charge in [0.25, 0.3) is 0 Å². The Bertz CT molecular complexity index is 261. The summed E-state index contributed by atoms with van der Waals surface area (Å²) in [4.78, 5) is 0. The molecule has 4 nitrogen and oxygen atoms in total. The molecule has 5 heteroatoms. The summed E-state index contributed by atoms with van der Waals surface area (Å²) in [7, 11) is 0. The Kier molecular flexibility index (Phi) is 9.05. The second kappa shape index (κ2) is 9.64. The van der Waals surface area contributed by atoms with Crippen molar-refractivity contribution in [2.75, 3.05) is 13.2 Å². The molecule has 0 aliphatic carbocycles. The molecule has 0 spiro atoms. The van der Waals surface area contributed by atoms with Crippen LogP contribution >= 0.6 is 0 Å². The second-order valence-electron chi connectivity index (χ2n) is 2.39. The Labute approximate surface area is 92.7 Å². The minimum Gasteiger partial charge on any atom is -0.382 e. The van der Waals surface area contributed by atoms with Gasteiger partial charge in [0.05, 0.1) is 0 Å². The lowest BCUT2D eigenvalue weighted by atomic mass is 10.3. The van der Waals surface area contributed by atoms with Crippen molar-refractivity contribution in [1.29, 1.82) is 0 Å². The van der Waals surface area contributed by atoms with Crippen LogP contribution in [0.2, 0.25) is 0 Å². The highest BCUT2D eigenvalue weighted by molar-refractivity contribution is 7.74. The minimum atomic E-state index is -2.22. The first kappa shape index (κ1) is 14.1. The van der Waals surface area contributed by atoms with Crippen LogP contribution in [0.4, 0.5) is 0 Å². The first-order valence-electron chi connectivity index (χ1n) is 4.62. The lowest BCUT2D eigenvalue weighted by molar-refractivity contribution is 0.162. The maximum Gasteiger partial charge on any atom is 0.357 e. The Hall–Kier alpha value is -0.910. The molecule has 0 bridgehead atoms. The molecule has 0 heterocycles. The lowest BCUT2D eigenvalue weighted by Gasteiger charge is -1.96. The maximum atomic E-state index is 10.1. The van der Waals surface area contributed by atoms with Crippen molar-refractivity contribution in [2.45, 2.75) is 13.8 Å². The molecule has 1 atom stereocenters. The van der Waals surface area contributed by atoms with E-state index >= 15 is 0 Å². The molecule has 0 saturated carbocycles. The van der Waals surface area contributed by atoms with E-state index in [0.717, 1.165) is 13.2 Å². The Morgan fingerprint density at radius 1 is 1.20 bits per heavy atom. The zero-order valence-electron chi connectivity index (χ0n) is 8.88. The Morgan fingerprint density at radius 3 is 2.07 bits per heavy atom. The summed E-state index contributed by atoms with van der Waals surface area (Å²) in [5.41, 5.74) is 0. The number of rotatable bonds is 4. The average molecular weight is 232 g/mol. The van der Waals surface area contributed by atoms with Crippen LogP contribution < -0.4 is 4.18 Å². The van der Waals surface area contributed by atoms with Crippen molar-refractivity contribution in [3.05, 3.63) is 30.3 Å². The molecular formula is C10H16O4S. The number of hydrogen-bond donors (Lipinski definition) is 1. The SMILES string of the molecule is CCOCC.O=S(O)Oc1ccccc1. The van der Waals surface area contributed by atoms with Gasteiger partial charge in [-0.1, -0.05) is 18.2 Å². The van der Waals surface area contributed by atoms with Gasteiger partial charge >= 0.3 is 11.4 Å². The fourth-order valence-electron chi connectivity index (χ4n) is 0.762. The first-order chi connectivity index (χ1) is 7.20. The lowest BCUT2D eigenvalue weighted by Crippen LogP contribution is -1.96. The van der Waals surface area contributed by atoms with Crippen molar-refractivity contribution in [2.24, 2.45) is 0 Å². The molecule has 1 aromatic carbocycles. The molecule has 0 saturated heterocycles. The summed E-state index contributed by atoms with van der Waals surface area (Å²) in [6, 6.07) is 8.46. The van der Waals surface area contributed by atoms with Gasteiger partial charge in [-0.05, 0) is 26.0 Å². The molecule has 1 rings (SSSR count). The number of para-hydroxylation sites is 1. The molecular weight excluding hydrogens is 216 g/mol. The predicted octanol–water partition coefficient (Wildman–Crippen LogP) is 2.24. The molecule has 1 aromatic rings. The third-order valence-corrected chi connectivity index (χ3v) is 1.65. The van der Waals surface area contributed by atoms with E-state index in [9.17, 15) is 4.21 Å². The van der Waals surface area contributed by atoms with Gasteiger partial charge in [0, 0.05) is 13.2 Å². The van der Waals surface area contributed by atoms with Crippen molar-refractivity contribution < 1.29 is 17.7 Å². The van der Waals surface area contributed by atoms with Crippen LogP contribution in [0.1, 0.15) is 13.8 Å². The zero-order chi connectivity index (χ0) is 11.5. The average Bonchev–Trinajstić information content (AvgIpc) is 2.20. The van der Waals surface area contributed by atoms with Crippen LogP contribution in [0.3, 0.4) is 0 Å². The summed E-state index contributed by atoms with van der Waals surface area (Å²) in [6.07, 6.45) is 0. The normalized spacial score (nSPS) is 11.1. The first-order valence-corrected chi connectivity index (χ1v) is 5.65. The number of benzene rings is 1. The van der Waals surface area contributed by atoms with Gasteiger partial charge in [-0.15, -0.1) is 0 Å². The van der Waals surface area contributed by atoms with Crippen LogP contribution in [0.5, 0.6) is 5.75 Å². The van der Waals surface area contributed by atoms with Crippen LogP contribution in [-0.2, 0) is 16.1 Å². The van der Waals surface area contributed by atoms with Crippen molar-refractivity contribution in [3.63, 3.8) is 0 Å². The van der Waals surface area contributed by atoms with Gasteiger partial charge in [-0.3, -0.25) is 4.55 Å². The van der Waals surface area contributed by atoms with Gasteiger partial charge in [-0.2, -0.15) is 4.21 Å². The van der Waals surface area contributed by atoms with Gasteiger partial charge < -0.3 is 8.92 Å². The van der Waals surface area contributed by atoms with E-state index in [1.807, 2.05) is 13.8 Å².